The van der Waals surface area contributed by atoms with Gasteiger partial charge in [-0.15, -0.1) is 0 Å². The summed E-state index contributed by atoms with van der Waals surface area (Å²) in [4.78, 5) is 20.3. The number of hydrogen-bond donors (Lipinski definition) is 0. The molecule has 1 aliphatic heterocycles. The van der Waals surface area contributed by atoms with Gasteiger partial charge in [0.15, 0.2) is 10.9 Å². The Morgan fingerprint density at radius 2 is 1.50 bits per heavy atom. The van der Waals surface area contributed by atoms with Crippen molar-refractivity contribution in [3.63, 3.8) is 0 Å². The maximum atomic E-state index is 13.7. The summed E-state index contributed by atoms with van der Waals surface area (Å²) in [6, 6.07) is 23.9. The van der Waals surface area contributed by atoms with E-state index in [0.29, 0.717) is 32.0 Å². The van der Waals surface area contributed by atoms with Crippen LogP contribution in [0.3, 0.4) is 0 Å². The average Bonchev–Trinajstić information content (AvgIpc) is 3.25. The quantitative estimate of drug-likeness (QED) is 0.150. The van der Waals surface area contributed by atoms with Crippen LogP contribution in [0.4, 0.5) is 11.4 Å². The molecule has 1 heterocycles. The second-order valence-corrected chi connectivity index (χ2v) is 12.7. The van der Waals surface area contributed by atoms with Gasteiger partial charge in [0.25, 0.3) is 5.91 Å². The van der Waals surface area contributed by atoms with Crippen LogP contribution >= 0.6 is 35.0 Å². The number of amides is 1. The van der Waals surface area contributed by atoms with Crippen molar-refractivity contribution in [1.29, 1.82) is 0 Å². The summed E-state index contributed by atoms with van der Waals surface area (Å²) in [5.74, 6) is -0.369. The molecule has 0 unspecified atom stereocenters. The van der Waals surface area contributed by atoms with Crippen LogP contribution < -0.4 is 13.8 Å². The summed E-state index contributed by atoms with van der Waals surface area (Å²) < 4.78 is 36.5. The zero-order valence-corrected chi connectivity index (χ0v) is 25.8. The standard InChI is InChI=1S/C31H24Cl2N2O5S2/c1-19-4-10-23(11-5-19)34-31-35(24-12-6-20(2)7-13-24)30(36)28(41-31)18-21-16-26(33)29(27(17-21)39-3)40-42(37,38)25-14-8-22(32)9-15-25/h4-18H,1-3H3/b28-18-,34-31?. The minimum atomic E-state index is -4.23. The molecule has 42 heavy (non-hydrogen) atoms. The fourth-order valence-corrected chi connectivity index (χ4v) is 6.40. The zero-order valence-electron chi connectivity index (χ0n) is 22.7. The number of ether oxygens (including phenoxy) is 1. The van der Waals surface area contributed by atoms with Gasteiger partial charge in [-0.3, -0.25) is 9.69 Å². The molecule has 0 N–H and O–H groups in total. The SMILES string of the molecule is COc1cc(/C=C2\SC(=Nc3ccc(C)cc3)N(c3ccc(C)cc3)C2=O)cc(Cl)c1OS(=O)(=O)c1ccc(Cl)cc1. The Bertz CT molecular complexity index is 1820. The first-order valence-corrected chi connectivity index (χ1v) is 15.6. The van der Waals surface area contributed by atoms with E-state index in [2.05, 4.69) is 0 Å². The summed E-state index contributed by atoms with van der Waals surface area (Å²) in [6.45, 7) is 3.97. The normalized spacial score (nSPS) is 15.5. The van der Waals surface area contributed by atoms with Gasteiger partial charge in [-0.25, -0.2) is 4.99 Å². The third-order valence-corrected chi connectivity index (χ3v) is 8.94. The molecule has 1 fully saturated rings. The Balaban J connectivity index is 1.51. The van der Waals surface area contributed by atoms with Crippen LogP contribution in [0, 0.1) is 13.8 Å². The van der Waals surface area contributed by atoms with Crippen molar-refractivity contribution < 1.29 is 22.1 Å². The van der Waals surface area contributed by atoms with E-state index in [-0.39, 0.29) is 27.3 Å². The molecule has 4 aromatic carbocycles. The lowest BCUT2D eigenvalue weighted by molar-refractivity contribution is -0.113. The van der Waals surface area contributed by atoms with Crippen molar-refractivity contribution in [3.05, 3.63) is 117 Å². The molecule has 0 spiro atoms. The Morgan fingerprint density at radius 1 is 0.881 bits per heavy atom. The van der Waals surface area contributed by atoms with E-state index < -0.39 is 10.1 Å². The van der Waals surface area contributed by atoms with Gasteiger partial charge < -0.3 is 8.92 Å². The Morgan fingerprint density at radius 3 is 2.12 bits per heavy atom. The molecule has 1 amide bonds. The van der Waals surface area contributed by atoms with E-state index in [1.54, 1.807) is 17.0 Å². The minimum absolute atomic E-state index is 0.0156. The number of nitrogens with zero attached hydrogens (tertiary/aromatic N) is 2. The summed E-state index contributed by atoms with van der Waals surface area (Å²) in [7, 11) is -2.86. The number of methoxy groups -OCH3 is 1. The lowest BCUT2D eigenvalue weighted by Gasteiger charge is -2.16. The number of benzene rings is 4. The van der Waals surface area contributed by atoms with Gasteiger partial charge in [-0.05, 0) is 97.9 Å². The van der Waals surface area contributed by atoms with Gasteiger partial charge >= 0.3 is 10.1 Å². The van der Waals surface area contributed by atoms with Gasteiger partial charge in [-0.2, -0.15) is 8.42 Å². The van der Waals surface area contributed by atoms with Crippen molar-refractivity contribution in [1.82, 2.24) is 0 Å². The molecular formula is C31H24Cl2N2O5S2. The summed E-state index contributed by atoms with van der Waals surface area (Å²) in [5, 5.41) is 0.860. The first kappa shape index (κ1) is 29.7. The Labute approximate surface area is 258 Å². The number of carbonyl (C=O) groups is 1. The van der Waals surface area contributed by atoms with Crippen molar-refractivity contribution in [2.24, 2.45) is 4.99 Å². The lowest BCUT2D eigenvalue weighted by atomic mass is 10.1. The van der Waals surface area contributed by atoms with E-state index >= 15 is 0 Å². The van der Waals surface area contributed by atoms with Gasteiger partial charge in [0, 0.05) is 5.02 Å². The number of aliphatic imine (C=N–C) groups is 1. The topological polar surface area (TPSA) is 85.3 Å². The van der Waals surface area contributed by atoms with Gasteiger partial charge in [0.05, 0.1) is 28.4 Å². The van der Waals surface area contributed by atoms with E-state index in [0.717, 1.165) is 11.1 Å². The fraction of sp³-hybridized carbons (Fsp3) is 0.0968. The molecule has 7 nitrogen and oxygen atoms in total. The van der Waals surface area contributed by atoms with Crippen LogP contribution in [0.25, 0.3) is 6.08 Å². The van der Waals surface area contributed by atoms with Crippen LogP contribution in [0.15, 0.2) is 99.7 Å². The molecular weight excluding hydrogens is 615 g/mol. The number of amidine groups is 1. The summed E-state index contributed by atoms with van der Waals surface area (Å²) >= 11 is 13.6. The van der Waals surface area contributed by atoms with E-state index in [4.69, 9.17) is 37.1 Å². The highest BCUT2D eigenvalue weighted by molar-refractivity contribution is 8.19. The zero-order chi connectivity index (χ0) is 30.0. The summed E-state index contributed by atoms with van der Waals surface area (Å²) in [5.41, 5.74) is 4.06. The molecule has 0 aromatic heterocycles. The van der Waals surface area contributed by atoms with Crippen molar-refractivity contribution in [2.75, 3.05) is 12.0 Å². The lowest BCUT2D eigenvalue weighted by Crippen LogP contribution is -2.28. The number of aryl methyl sites for hydroxylation is 2. The first-order valence-electron chi connectivity index (χ1n) is 12.6. The molecule has 1 saturated heterocycles. The molecule has 4 aromatic rings. The number of carbonyl (C=O) groups excluding carboxylic acids is 1. The number of halogens is 2. The monoisotopic (exact) mass is 638 g/mol. The van der Waals surface area contributed by atoms with Crippen molar-refractivity contribution >= 4 is 73.6 Å². The predicted octanol–water partition coefficient (Wildman–Crippen LogP) is 8.20. The molecule has 0 radical (unpaired) electrons. The van der Waals surface area contributed by atoms with Crippen LogP contribution in [0.2, 0.25) is 10.0 Å². The molecule has 11 heteroatoms. The first-order chi connectivity index (χ1) is 20.0. The van der Waals surface area contributed by atoms with E-state index in [1.807, 2.05) is 62.4 Å². The second-order valence-electron chi connectivity index (χ2n) is 9.34. The smallest absolute Gasteiger partial charge is 0.339 e. The van der Waals surface area contributed by atoms with Gasteiger partial charge in [0.1, 0.15) is 4.90 Å². The van der Waals surface area contributed by atoms with Crippen LogP contribution in [-0.2, 0) is 14.9 Å². The summed E-state index contributed by atoms with van der Waals surface area (Å²) in [6.07, 6.45) is 1.65. The second kappa shape index (κ2) is 12.2. The number of hydrogen-bond acceptors (Lipinski definition) is 7. The molecule has 0 atom stereocenters. The molecule has 1 aliphatic rings. The van der Waals surface area contributed by atoms with Gasteiger partial charge in [-0.1, -0.05) is 58.6 Å². The van der Waals surface area contributed by atoms with Crippen molar-refractivity contribution in [2.45, 2.75) is 18.7 Å². The van der Waals surface area contributed by atoms with Crippen LogP contribution in [0.1, 0.15) is 16.7 Å². The number of anilines is 1. The molecule has 0 aliphatic carbocycles. The number of thioether (sulfide) groups is 1. The Hall–Kier alpha value is -3.76. The number of rotatable bonds is 7. The third kappa shape index (κ3) is 6.50. The van der Waals surface area contributed by atoms with Crippen molar-refractivity contribution in [3.8, 4) is 11.5 Å². The third-order valence-electron chi connectivity index (χ3n) is 6.20. The average molecular weight is 640 g/mol. The van der Waals surface area contributed by atoms with E-state index in [9.17, 15) is 13.2 Å². The predicted molar refractivity (Wildman–Crippen MR) is 170 cm³/mol. The minimum Gasteiger partial charge on any atom is -0.493 e. The molecule has 0 saturated carbocycles. The van der Waals surface area contributed by atoms with E-state index in [1.165, 1.54) is 49.2 Å². The highest BCUT2D eigenvalue weighted by Crippen LogP contribution is 2.41. The van der Waals surface area contributed by atoms with Crippen LogP contribution in [0.5, 0.6) is 11.5 Å². The van der Waals surface area contributed by atoms with Gasteiger partial charge in [0.2, 0.25) is 5.75 Å². The largest absolute Gasteiger partial charge is 0.493 e. The molecule has 0 bridgehead atoms. The Kier molecular flexibility index (Phi) is 8.65. The highest BCUT2D eigenvalue weighted by atomic mass is 35.5. The fourth-order valence-electron chi connectivity index (χ4n) is 4.01. The molecule has 5 rings (SSSR count). The highest BCUT2D eigenvalue weighted by Gasteiger charge is 2.35. The van der Waals surface area contributed by atoms with Crippen LogP contribution in [-0.4, -0.2) is 26.6 Å². The maximum Gasteiger partial charge on any atom is 0.339 e. The maximum absolute atomic E-state index is 13.7. The molecule has 214 valence electrons.